The van der Waals surface area contributed by atoms with Crippen LogP contribution in [-0.2, 0) is 19.5 Å². The zero-order chi connectivity index (χ0) is 18.9. The van der Waals surface area contributed by atoms with Gasteiger partial charge in [-0.15, -0.1) is 34.2 Å². The summed E-state index contributed by atoms with van der Waals surface area (Å²) >= 11 is 0. The second kappa shape index (κ2) is 11.4. The number of nitrogens with zero attached hydrogens (tertiary/aromatic N) is 7. The van der Waals surface area contributed by atoms with Crippen LogP contribution >= 0.6 is 24.0 Å². The Balaban J connectivity index is 0.00000280. The van der Waals surface area contributed by atoms with E-state index in [1.807, 2.05) is 12.1 Å². The van der Waals surface area contributed by atoms with Crippen molar-refractivity contribution in [2.75, 3.05) is 13.1 Å². The van der Waals surface area contributed by atoms with Gasteiger partial charge in [-0.1, -0.05) is 19.1 Å². The van der Waals surface area contributed by atoms with Crippen LogP contribution in [0.5, 0.6) is 0 Å². The average molecular weight is 495 g/mol. The Morgan fingerprint density at radius 2 is 1.93 bits per heavy atom. The molecule has 3 rings (SSSR count). The number of aromatic nitrogens is 6. The van der Waals surface area contributed by atoms with Crippen molar-refractivity contribution in [1.82, 2.24) is 40.2 Å². The minimum Gasteiger partial charge on any atom is -0.357 e. The van der Waals surface area contributed by atoms with E-state index in [-0.39, 0.29) is 24.0 Å². The van der Waals surface area contributed by atoms with Crippen LogP contribution in [0.1, 0.15) is 25.2 Å². The normalized spacial score (nSPS) is 11.1. The van der Waals surface area contributed by atoms with E-state index in [0.29, 0.717) is 6.54 Å². The Morgan fingerprint density at radius 3 is 2.61 bits per heavy atom. The molecule has 0 bridgehead atoms. The highest BCUT2D eigenvalue weighted by molar-refractivity contribution is 14.0. The Morgan fingerprint density at radius 1 is 1.11 bits per heavy atom. The SMILES string of the molecule is CCNC(=NCc1ccc(-n2cncn2)cc1)NCCn1cnnc1CC.I. The number of guanidine groups is 1. The summed E-state index contributed by atoms with van der Waals surface area (Å²) in [6.45, 7) is 7.09. The third-order valence-corrected chi connectivity index (χ3v) is 4.04. The maximum Gasteiger partial charge on any atom is 0.191 e. The van der Waals surface area contributed by atoms with E-state index in [9.17, 15) is 0 Å². The first-order valence-electron chi connectivity index (χ1n) is 9.13. The molecule has 0 radical (unpaired) electrons. The highest BCUT2D eigenvalue weighted by Gasteiger charge is 2.03. The quantitative estimate of drug-likeness (QED) is 0.281. The largest absolute Gasteiger partial charge is 0.357 e. The summed E-state index contributed by atoms with van der Waals surface area (Å²) < 4.78 is 3.79. The van der Waals surface area contributed by atoms with Crippen molar-refractivity contribution >= 4 is 29.9 Å². The van der Waals surface area contributed by atoms with Gasteiger partial charge < -0.3 is 15.2 Å². The van der Waals surface area contributed by atoms with Crippen LogP contribution < -0.4 is 10.6 Å². The molecule has 28 heavy (non-hydrogen) atoms. The lowest BCUT2D eigenvalue weighted by Gasteiger charge is -2.12. The lowest BCUT2D eigenvalue weighted by Crippen LogP contribution is -2.38. The van der Waals surface area contributed by atoms with Crippen LogP contribution in [0, 0.1) is 0 Å². The van der Waals surface area contributed by atoms with Crippen molar-refractivity contribution in [3.63, 3.8) is 0 Å². The highest BCUT2D eigenvalue weighted by Crippen LogP contribution is 2.08. The number of rotatable bonds is 8. The van der Waals surface area contributed by atoms with E-state index in [4.69, 9.17) is 0 Å². The number of benzene rings is 1. The molecule has 1 aromatic carbocycles. The Labute approximate surface area is 181 Å². The topological polar surface area (TPSA) is 97.8 Å². The third kappa shape index (κ3) is 6.01. The molecule has 0 fully saturated rings. The summed E-state index contributed by atoms with van der Waals surface area (Å²) in [7, 11) is 0. The standard InChI is InChI=1S/C18H25N9.HI/c1-3-17-25-23-14-26(17)10-9-21-18(20-4-2)22-11-15-5-7-16(8-6-15)27-13-19-12-24-27;/h5-8,12-14H,3-4,9-11H2,1-2H3,(H2,20,21,22);1H. The molecule has 0 atom stereocenters. The van der Waals surface area contributed by atoms with Crippen molar-refractivity contribution in [3.8, 4) is 5.69 Å². The van der Waals surface area contributed by atoms with Crippen LogP contribution in [0.25, 0.3) is 5.69 Å². The fourth-order valence-corrected chi connectivity index (χ4v) is 2.64. The smallest absolute Gasteiger partial charge is 0.191 e. The zero-order valence-corrected chi connectivity index (χ0v) is 18.4. The van der Waals surface area contributed by atoms with Gasteiger partial charge in [0.2, 0.25) is 0 Å². The second-order valence-corrected chi connectivity index (χ2v) is 5.92. The summed E-state index contributed by atoms with van der Waals surface area (Å²) in [5.74, 6) is 1.79. The van der Waals surface area contributed by atoms with E-state index in [0.717, 1.165) is 49.1 Å². The third-order valence-electron chi connectivity index (χ3n) is 4.04. The van der Waals surface area contributed by atoms with Crippen LogP contribution in [0.4, 0.5) is 0 Å². The maximum atomic E-state index is 4.66. The van der Waals surface area contributed by atoms with Crippen LogP contribution in [-0.4, -0.2) is 48.6 Å². The minimum atomic E-state index is 0. The predicted octanol–water partition coefficient (Wildman–Crippen LogP) is 1.79. The van der Waals surface area contributed by atoms with E-state index in [2.05, 4.69) is 66.5 Å². The van der Waals surface area contributed by atoms with Gasteiger partial charge in [-0.05, 0) is 24.6 Å². The predicted molar refractivity (Wildman–Crippen MR) is 119 cm³/mol. The molecule has 3 aromatic rings. The molecule has 2 heterocycles. The number of hydrogen-bond donors (Lipinski definition) is 2. The number of halogens is 1. The number of nitrogens with one attached hydrogen (secondary N) is 2. The molecule has 0 saturated carbocycles. The molecule has 0 saturated heterocycles. The van der Waals surface area contributed by atoms with E-state index in [1.165, 1.54) is 6.33 Å². The van der Waals surface area contributed by atoms with Gasteiger partial charge in [-0.2, -0.15) is 5.10 Å². The molecule has 150 valence electrons. The van der Waals surface area contributed by atoms with Gasteiger partial charge in [-0.3, -0.25) is 0 Å². The highest BCUT2D eigenvalue weighted by atomic mass is 127. The summed E-state index contributed by atoms with van der Waals surface area (Å²) in [5, 5.41) is 18.8. The van der Waals surface area contributed by atoms with Gasteiger partial charge in [-0.25, -0.2) is 14.7 Å². The van der Waals surface area contributed by atoms with Crippen molar-refractivity contribution in [2.24, 2.45) is 4.99 Å². The molecule has 2 aromatic heterocycles. The van der Waals surface area contributed by atoms with E-state index >= 15 is 0 Å². The first-order valence-corrected chi connectivity index (χ1v) is 9.13. The number of aliphatic imine (C=N–C) groups is 1. The Hall–Kier alpha value is -2.50. The fourth-order valence-electron chi connectivity index (χ4n) is 2.64. The van der Waals surface area contributed by atoms with Gasteiger partial charge in [0.1, 0.15) is 24.8 Å². The van der Waals surface area contributed by atoms with Gasteiger partial charge >= 0.3 is 0 Å². The second-order valence-electron chi connectivity index (χ2n) is 5.92. The van der Waals surface area contributed by atoms with Crippen LogP contribution in [0.15, 0.2) is 48.2 Å². The summed E-state index contributed by atoms with van der Waals surface area (Å²) in [4.78, 5) is 8.62. The minimum absolute atomic E-state index is 0. The molecule has 0 aliphatic rings. The molecular formula is C18H26IN9. The molecule has 0 spiro atoms. The lowest BCUT2D eigenvalue weighted by atomic mass is 10.2. The summed E-state index contributed by atoms with van der Waals surface area (Å²) in [6, 6.07) is 8.12. The average Bonchev–Trinajstić information content (AvgIpc) is 3.38. The monoisotopic (exact) mass is 495 g/mol. The summed E-state index contributed by atoms with van der Waals surface area (Å²) in [6.07, 6.45) is 5.84. The first-order chi connectivity index (χ1) is 13.3. The number of aryl methyl sites for hydroxylation is 1. The molecule has 0 amide bonds. The molecule has 2 N–H and O–H groups in total. The van der Waals surface area contributed by atoms with Gasteiger partial charge in [0, 0.05) is 26.1 Å². The van der Waals surface area contributed by atoms with Gasteiger partial charge in [0.05, 0.1) is 12.2 Å². The van der Waals surface area contributed by atoms with E-state index in [1.54, 1.807) is 17.3 Å². The molecule has 9 nitrogen and oxygen atoms in total. The van der Waals surface area contributed by atoms with Crippen LogP contribution in [0.3, 0.4) is 0 Å². The first kappa shape index (κ1) is 21.8. The fraction of sp³-hybridized carbons (Fsp3) is 0.389. The zero-order valence-electron chi connectivity index (χ0n) is 16.1. The molecule has 0 unspecified atom stereocenters. The Bertz CT molecular complexity index is 840. The van der Waals surface area contributed by atoms with E-state index < -0.39 is 0 Å². The van der Waals surface area contributed by atoms with Gasteiger partial charge in [0.15, 0.2) is 5.96 Å². The molecular weight excluding hydrogens is 469 g/mol. The van der Waals surface area contributed by atoms with Gasteiger partial charge in [0.25, 0.3) is 0 Å². The molecule has 0 aliphatic heterocycles. The Kier molecular flexibility index (Phi) is 8.85. The van der Waals surface area contributed by atoms with Crippen LogP contribution in [0.2, 0.25) is 0 Å². The maximum absolute atomic E-state index is 4.66. The molecule has 10 heteroatoms. The van der Waals surface area contributed by atoms with Crippen molar-refractivity contribution in [3.05, 3.63) is 54.6 Å². The summed E-state index contributed by atoms with van der Waals surface area (Å²) in [5.41, 5.74) is 2.11. The van der Waals surface area contributed by atoms with Crippen molar-refractivity contribution in [2.45, 2.75) is 33.4 Å². The lowest BCUT2D eigenvalue weighted by molar-refractivity contribution is 0.632. The molecule has 0 aliphatic carbocycles. The van der Waals surface area contributed by atoms with Crippen molar-refractivity contribution in [1.29, 1.82) is 0 Å². The van der Waals surface area contributed by atoms with Crippen molar-refractivity contribution < 1.29 is 0 Å². The number of hydrogen-bond acceptors (Lipinski definition) is 5.